The maximum atomic E-state index is 12.3. The zero-order valence-corrected chi connectivity index (χ0v) is 17.3. The largest absolute Gasteiger partial charge is 0.352 e. The smallest absolute Gasteiger partial charge is 0.312 e. The lowest BCUT2D eigenvalue weighted by atomic mass is 10.0. The SMILES string of the molecule is Cc1cccc(C)c1NC(=O)CNC(=O)CC(NC(N)=O)c1cccc(Br)c1. The summed E-state index contributed by atoms with van der Waals surface area (Å²) in [4.78, 5) is 35.8. The fourth-order valence-electron chi connectivity index (χ4n) is 2.78. The number of urea groups is 1. The Balaban J connectivity index is 1.95. The lowest BCUT2D eigenvalue weighted by Gasteiger charge is -2.18. The van der Waals surface area contributed by atoms with Crippen molar-refractivity contribution >= 4 is 39.5 Å². The number of benzene rings is 2. The molecule has 0 aliphatic carbocycles. The molecule has 0 heterocycles. The molecule has 0 radical (unpaired) electrons. The minimum Gasteiger partial charge on any atom is -0.352 e. The van der Waals surface area contributed by atoms with E-state index in [0.29, 0.717) is 0 Å². The van der Waals surface area contributed by atoms with Gasteiger partial charge in [0, 0.05) is 10.2 Å². The molecule has 0 aliphatic heterocycles. The van der Waals surface area contributed by atoms with E-state index in [9.17, 15) is 14.4 Å². The molecule has 4 amide bonds. The highest BCUT2D eigenvalue weighted by molar-refractivity contribution is 9.10. The Morgan fingerprint density at radius 3 is 2.29 bits per heavy atom. The molecule has 0 aromatic heterocycles. The summed E-state index contributed by atoms with van der Waals surface area (Å²) in [6.07, 6.45) is -0.0456. The van der Waals surface area contributed by atoms with E-state index >= 15 is 0 Å². The molecule has 1 atom stereocenters. The van der Waals surface area contributed by atoms with Gasteiger partial charge in [0.05, 0.1) is 19.0 Å². The van der Waals surface area contributed by atoms with Gasteiger partial charge in [-0.1, -0.05) is 46.3 Å². The van der Waals surface area contributed by atoms with Gasteiger partial charge in [-0.3, -0.25) is 9.59 Å². The Labute approximate surface area is 172 Å². The van der Waals surface area contributed by atoms with Crippen molar-refractivity contribution in [3.05, 3.63) is 63.6 Å². The molecule has 0 spiro atoms. The summed E-state index contributed by atoms with van der Waals surface area (Å²) in [6.45, 7) is 3.63. The van der Waals surface area contributed by atoms with E-state index in [-0.39, 0.29) is 24.8 Å². The van der Waals surface area contributed by atoms with Gasteiger partial charge in [-0.15, -0.1) is 0 Å². The third kappa shape index (κ3) is 6.38. The molecular weight excluding hydrogens is 424 g/mol. The molecule has 2 aromatic rings. The number of primary amides is 1. The van der Waals surface area contributed by atoms with Crippen LogP contribution < -0.4 is 21.7 Å². The Kier molecular flexibility index (Phi) is 7.57. The number of halogens is 1. The zero-order valence-electron chi connectivity index (χ0n) is 15.7. The monoisotopic (exact) mass is 446 g/mol. The minimum atomic E-state index is -0.731. The number of carbonyl (C=O) groups excluding carboxylic acids is 3. The van der Waals surface area contributed by atoms with Crippen molar-refractivity contribution in [2.75, 3.05) is 11.9 Å². The van der Waals surface area contributed by atoms with Gasteiger partial charge in [0.15, 0.2) is 0 Å². The molecule has 148 valence electrons. The average molecular weight is 447 g/mol. The molecule has 28 heavy (non-hydrogen) atoms. The van der Waals surface area contributed by atoms with E-state index in [1.807, 2.05) is 38.1 Å². The molecule has 8 heteroatoms. The molecule has 0 saturated heterocycles. The fraction of sp³-hybridized carbons (Fsp3) is 0.250. The first-order valence-corrected chi connectivity index (χ1v) is 9.49. The number of para-hydroxylation sites is 1. The molecule has 0 saturated carbocycles. The normalized spacial score (nSPS) is 11.4. The third-order valence-corrected chi connectivity index (χ3v) is 4.64. The van der Waals surface area contributed by atoms with Gasteiger partial charge in [-0.2, -0.15) is 0 Å². The van der Waals surface area contributed by atoms with Crippen LogP contribution >= 0.6 is 15.9 Å². The van der Waals surface area contributed by atoms with Crippen LogP contribution in [0.15, 0.2) is 46.9 Å². The van der Waals surface area contributed by atoms with E-state index in [0.717, 1.165) is 26.9 Å². The lowest BCUT2D eigenvalue weighted by molar-refractivity contribution is -0.124. The van der Waals surface area contributed by atoms with E-state index in [2.05, 4.69) is 31.9 Å². The van der Waals surface area contributed by atoms with Crippen LogP contribution in [0.25, 0.3) is 0 Å². The molecule has 2 aromatic carbocycles. The highest BCUT2D eigenvalue weighted by Crippen LogP contribution is 2.21. The highest BCUT2D eigenvalue weighted by atomic mass is 79.9. The number of amides is 4. The minimum absolute atomic E-state index is 0.0456. The molecule has 0 bridgehead atoms. The summed E-state index contributed by atoms with van der Waals surface area (Å²) in [5, 5.41) is 7.94. The van der Waals surface area contributed by atoms with Gasteiger partial charge >= 0.3 is 6.03 Å². The third-order valence-electron chi connectivity index (χ3n) is 4.15. The maximum absolute atomic E-state index is 12.3. The Morgan fingerprint density at radius 2 is 1.68 bits per heavy atom. The van der Waals surface area contributed by atoms with Crippen molar-refractivity contribution < 1.29 is 14.4 Å². The molecule has 1 unspecified atom stereocenters. The van der Waals surface area contributed by atoms with E-state index in [1.165, 1.54) is 0 Å². The first-order chi connectivity index (χ1) is 13.3. The van der Waals surface area contributed by atoms with Crippen LogP contribution in [-0.2, 0) is 9.59 Å². The second-order valence-electron chi connectivity index (χ2n) is 6.41. The standard InChI is InChI=1S/C20H23BrN4O3/c1-12-5-3-6-13(2)19(12)25-18(27)11-23-17(26)10-16(24-20(22)28)14-7-4-8-15(21)9-14/h3-9,16H,10-11H2,1-2H3,(H,23,26)(H,25,27)(H3,22,24,28). The van der Waals surface area contributed by atoms with Crippen molar-refractivity contribution in [3.63, 3.8) is 0 Å². The van der Waals surface area contributed by atoms with Crippen molar-refractivity contribution in [2.45, 2.75) is 26.3 Å². The zero-order chi connectivity index (χ0) is 20.7. The average Bonchev–Trinajstić information content (AvgIpc) is 2.62. The first kappa shape index (κ1) is 21.4. The molecule has 7 nitrogen and oxygen atoms in total. The number of rotatable bonds is 7. The quantitative estimate of drug-likeness (QED) is 0.524. The van der Waals surface area contributed by atoms with Crippen LogP contribution in [-0.4, -0.2) is 24.4 Å². The Morgan fingerprint density at radius 1 is 1.04 bits per heavy atom. The summed E-state index contributed by atoms with van der Waals surface area (Å²) in [6, 6.07) is 11.6. The van der Waals surface area contributed by atoms with Crippen LogP contribution in [0.2, 0.25) is 0 Å². The summed E-state index contributed by atoms with van der Waals surface area (Å²) in [7, 11) is 0. The predicted octanol–water partition coefficient (Wildman–Crippen LogP) is 2.92. The topological polar surface area (TPSA) is 113 Å². The number of anilines is 1. The Hall–Kier alpha value is -2.87. The van der Waals surface area contributed by atoms with E-state index < -0.39 is 12.1 Å². The fourth-order valence-corrected chi connectivity index (χ4v) is 3.20. The lowest BCUT2D eigenvalue weighted by Crippen LogP contribution is -2.38. The summed E-state index contributed by atoms with van der Waals surface area (Å²) < 4.78 is 0.814. The van der Waals surface area contributed by atoms with Crippen molar-refractivity contribution in [1.82, 2.24) is 10.6 Å². The predicted molar refractivity (Wildman–Crippen MR) is 112 cm³/mol. The molecule has 0 fully saturated rings. The number of hydrogen-bond acceptors (Lipinski definition) is 3. The van der Waals surface area contributed by atoms with Crippen molar-refractivity contribution in [3.8, 4) is 0 Å². The molecule has 0 aliphatic rings. The Bertz CT molecular complexity index is 865. The van der Waals surface area contributed by atoms with Crippen LogP contribution in [0, 0.1) is 13.8 Å². The summed E-state index contributed by atoms with van der Waals surface area (Å²) in [5.74, 6) is -0.706. The van der Waals surface area contributed by atoms with E-state index in [4.69, 9.17) is 5.73 Å². The van der Waals surface area contributed by atoms with Crippen molar-refractivity contribution in [1.29, 1.82) is 0 Å². The van der Waals surface area contributed by atoms with Gasteiger partial charge < -0.3 is 21.7 Å². The van der Waals surface area contributed by atoms with Crippen LogP contribution in [0.4, 0.5) is 10.5 Å². The second-order valence-corrected chi connectivity index (χ2v) is 7.33. The van der Waals surface area contributed by atoms with Gasteiger partial charge in [-0.25, -0.2) is 4.79 Å². The molecule has 5 N–H and O–H groups in total. The second kappa shape index (κ2) is 9.89. The van der Waals surface area contributed by atoms with Gasteiger partial charge in [0.25, 0.3) is 0 Å². The van der Waals surface area contributed by atoms with Crippen LogP contribution in [0.1, 0.15) is 29.2 Å². The number of hydrogen-bond donors (Lipinski definition) is 4. The van der Waals surface area contributed by atoms with E-state index in [1.54, 1.807) is 18.2 Å². The van der Waals surface area contributed by atoms with Crippen LogP contribution in [0.5, 0.6) is 0 Å². The summed E-state index contributed by atoms with van der Waals surface area (Å²) >= 11 is 3.36. The number of nitrogens with one attached hydrogen (secondary N) is 3. The first-order valence-electron chi connectivity index (χ1n) is 8.70. The van der Waals surface area contributed by atoms with Gasteiger partial charge in [0.2, 0.25) is 11.8 Å². The number of aryl methyl sites for hydroxylation is 2. The number of nitrogens with two attached hydrogens (primary N) is 1. The molecular formula is C20H23BrN4O3. The highest BCUT2D eigenvalue weighted by Gasteiger charge is 2.18. The number of carbonyl (C=O) groups is 3. The molecule has 2 rings (SSSR count). The summed E-state index contributed by atoms with van der Waals surface area (Å²) in [5.41, 5.74) is 8.58. The van der Waals surface area contributed by atoms with Gasteiger partial charge in [-0.05, 0) is 42.7 Å². The van der Waals surface area contributed by atoms with Gasteiger partial charge in [0.1, 0.15) is 0 Å². The maximum Gasteiger partial charge on any atom is 0.312 e. The van der Waals surface area contributed by atoms with Crippen molar-refractivity contribution in [2.24, 2.45) is 5.73 Å². The van der Waals surface area contributed by atoms with Crippen LogP contribution in [0.3, 0.4) is 0 Å².